The zero-order valence-electron chi connectivity index (χ0n) is 10.2. The molecule has 18 heavy (non-hydrogen) atoms. The Bertz CT molecular complexity index is 582. The fourth-order valence-electron chi connectivity index (χ4n) is 2.59. The second-order valence-electron chi connectivity index (χ2n) is 4.67. The Balaban J connectivity index is 2.15. The van der Waals surface area contributed by atoms with Crippen LogP contribution in [-0.2, 0) is 6.42 Å². The minimum atomic E-state index is 1.18. The monoisotopic (exact) mass is 346 g/mol. The summed E-state index contributed by atoms with van der Waals surface area (Å²) < 4.78 is 1.42. The van der Waals surface area contributed by atoms with Gasteiger partial charge in [0.05, 0.1) is 0 Å². The smallest absolute Gasteiger partial charge is 0.0243 e. The van der Waals surface area contributed by atoms with Gasteiger partial charge in [0.25, 0.3) is 0 Å². The van der Waals surface area contributed by atoms with Crippen molar-refractivity contribution >= 4 is 31.7 Å². The molecule has 0 heterocycles. The molecule has 1 aliphatic rings. The van der Waals surface area contributed by atoms with Gasteiger partial charge in [0.1, 0.15) is 0 Å². The molecule has 1 heteroatoms. The lowest BCUT2D eigenvalue weighted by molar-refractivity contribution is 0.860. The Morgan fingerprint density at radius 1 is 0.778 bits per heavy atom. The molecule has 0 saturated carbocycles. The van der Waals surface area contributed by atoms with E-state index in [9.17, 15) is 0 Å². The minimum absolute atomic E-state index is 1.18. The van der Waals surface area contributed by atoms with Crippen molar-refractivity contribution in [2.24, 2.45) is 0 Å². The number of halogens is 1. The molecule has 0 fully saturated rings. The summed E-state index contributed by atoms with van der Waals surface area (Å²) in [6.45, 7) is 0. The van der Waals surface area contributed by atoms with E-state index in [-0.39, 0.29) is 0 Å². The lowest BCUT2D eigenvalue weighted by Gasteiger charge is -2.09. The van der Waals surface area contributed by atoms with Crippen LogP contribution in [0.3, 0.4) is 0 Å². The van der Waals surface area contributed by atoms with Crippen LogP contribution >= 0.6 is 22.6 Å². The topological polar surface area (TPSA) is 0 Å². The minimum Gasteiger partial charge on any atom is -0.0622 e. The van der Waals surface area contributed by atoms with Crippen molar-refractivity contribution < 1.29 is 0 Å². The van der Waals surface area contributed by atoms with Crippen LogP contribution in [0.15, 0.2) is 54.6 Å². The summed E-state index contributed by atoms with van der Waals surface area (Å²) in [5, 5.41) is 0. The van der Waals surface area contributed by atoms with Gasteiger partial charge in [0.2, 0.25) is 0 Å². The van der Waals surface area contributed by atoms with E-state index in [1.165, 1.54) is 45.1 Å². The summed E-state index contributed by atoms with van der Waals surface area (Å²) in [6, 6.07) is 19.6. The molecule has 2 aromatic carbocycles. The van der Waals surface area contributed by atoms with Crippen LogP contribution < -0.4 is 0 Å². The van der Waals surface area contributed by atoms with Crippen LogP contribution in [0.1, 0.15) is 29.5 Å². The summed E-state index contributed by atoms with van der Waals surface area (Å²) in [5.41, 5.74) is 5.79. The second-order valence-corrected chi connectivity index (χ2v) is 5.75. The fraction of sp³-hybridized carbons (Fsp3) is 0.176. The maximum atomic E-state index is 2.52. The summed E-state index contributed by atoms with van der Waals surface area (Å²) in [6.07, 6.45) is 3.61. The Hall–Kier alpha value is -1.09. The van der Waals surface area contributed by atoms with E-state index in [4.69, 9.17) is 0 Å². The van der Waals surface area contributed by atoms with Crippen LogP contribution in [0.5, 0.6) is 0 Å². The third-order valence-corrected chi connectivity index (χ3v) is 4.75. The molecule has 0 spiro atoms. The quantitative estimate of drug-likeness (QED) is 0.613. The summed E-state index contributed by atoms with van der Waals surface area (Å²) >= 11 is 2.52. The molecule has 0 atom stereocenters. The number of fused-ring (bicyclic) bond motifs is 1. The van der Waals surface area contributed by atoms with E-state index >= 15 is 0 Å². The van der Waals surface area contributed by atoms with Crippen LogP contribution in [0.4, 0.5) is 0 Å². The van der Waals surface area contributed by atoms with E-state index < -0.39 is 0 Å². The van der Waals surface area contributed by atoms with Crippen molar-refractivity contribution in [3.05, 3.63) is 71.3 Å². The number of hydrogen-bond donors (Lipinski definition) is 0. The van der Waals surface area contributed by atoms with E-state index in [0.29, 0.717) is 0 Å². The van der Waals surface area contributed by atoms with E-state index in [1.54, 1.807) is 0 Å². The van der Waals surface area contributed by atoms with E-state index in [1.807, 2.05) is 0 Å². The van der Waals surface area contributed by atoms with Gasteiger partial charge in [-0.15, -0.1) is 0 Å². The van der Waals surface area contributed by atoms with Crippen LogP contribution in [-0.4, -0.2) is 0 Å². The highest BCUT2D eigenvalue weighted by Crippen LogP contribution is 2.39. The molecule has 0 bridgehead atoms. The van der Waals surface area contributed by atoms with Gasteiger partial charge in [0, 0.05) is 3.58 Å². The standard InChI is InChI=1S/C17H15I/c18-17-15-11-5-4-9-14(15)10-6-12-16(17)13-7-2-1-3-8-13/h1-5,7-9,11H,6,10,12H2. The third kappa shape index (κ3) is 2.24. The van der Waals surface area contributed by atoms with Crippen LogP contribution in [0, 0.1) is 0 Å². The van der Waals surface area contributed by atoms with Gasteiger partial charge in [-0.3, -0.25) is 0 Å². The molecular formula is C17H15I. The maximum absolute atomic E-state index is 2.52. The predicted molar refractivity (Wildman–Crippen MR) is 86.7 cm³/mol. The number of hydrogen-bond acceptors (Lipinski definition) is 0. The molecule has 1 aliphatic carbocycles. The van der Waals surface area contributed by atoms with Crippen molar-refractivity contribution in [3.63, 3.8) is 0 Å². The molecule has 0 nitrogen and oxygen atoms in total. The average molecular weight is 346 g/mol. The van der Waals surface area contributed by atoms with Crippen molar-refractivity contribution in [2.45, 2.75) is 19.3 Å². The van der Waals surface area contributed by atoms with E-state index in [2.05, 4.69) is 77.2 Å². The molecule has 3 rings (SSSR count). The molecule has 90 valence electrons. The molecule has 0 radical (unpaired) electrons. The van der Waals surface area contributed by atoms with Crippen molar-refractivity contribution in [1.29, 1.82) is 0 Å². The Morgan fingerprint density at radius 2 is 1.50 bits per heavy atom. The van der Waals surface area contributed by atoms with Crippen molar-refractivity contribution in [1.82, 2.24) is 0 Å². The van der Waals surface area contributed by atoms with Gasteiger partial charge in [-0.2, -0.15) is 0 Å². The van der Waals surface area contributed by atoms with Crippen molar-refractivity contribution in [2.75, 3.05) is 0 Å². The molecule has 0 amide bonds. The first-order valence-electron chi connectivity index (χ1n) is 6.38. The lowest BCUT2D eigenvalue weighted by Crippen LogP contribution is -1.87. The first kappa shape index (κ1) is 12.0. The third-order valence-electron chi connectivity index (χ3n) is 3.51. The molecule has 0 aliphatic heterocycles. The van der Waals surface area contributed by atoms with Gasteiger partial charge < -0.3 is 0 Å². The maximum Gasteiger partial charge on any atom is 0.0243 e. The number of rotatable bonds is 1. The first-order valence-corrected chi connectivity index (χ1v) is 7.46. The zero-order chi connectivity index (χ0) is 12.4. The highest BCUT2D eigenvalue weighted by atomic mass is 127. The summed E-state index contributed by atoms with van der Waals surface area (Å²) in [4.78, 5) is 0. The molecule has 0 saturated heterocycles. The Kier molecular flexibility index (Phi) is 3.50. The zero-order valence-corrected chi connectivity index (χ0v) is 12.4. The summed E-state index contributed by atoms with van der Waals surface area (Å²) in [5.74, 6) is 0. The number of benzene rings is 2. The average Bonchev–Trinajstić information content (AvgIpc) is 2.60. The Labute approximate surface area is 122 Å². The molecule has 0 N–H and O–H groups in total. The number of allylic oxidation sites excluding steroid dienone is 1. The molecule has 0 aromatic heterocycles. The SMILES string of the molecule is IC1=C(c2ccccc2)CCCc2ccccc21. The lowest BCUT2D eigenvalue weighted by atomic mass is 10.0. The van der Waals surface area contributed by atoms with Gasteiger partial charge in [0.15, 0.2) is 0 Å². The second kappa shape index (κ2) is 5.27. The van der Waals surface area contributed by atoms with Gasteiger partial charge in [-0.05, 0) is 64.1 Å². The van der Waals surface area contributed by atoms with Gasteiger partial charge in [-0.1, -0.05) is 54.6 Å². The van der Waals surface area contributed by atoms with E-state index in [0.717, 1.165) is 0 Å². The fourth-order valence-corrected chi connectivity index (χ4v) is 3.70. The molecule has 2 aromatic rings. The predicted octanol–water partition coefficient (Wildman–Crippen LogP) is 5.33. The largest absolute Gasteiger partial charge is 0.0622 e. The van der Waals surface area contributed by atoms with Crippen LogP contribution in [0.25, 0.3) is 9.15 Å². The normalized spacial score (nSPS) is 15.2. The highest BCUT2D eigenvalue weighted by Gasteiger charge is 2.15. The first-order chi connectivity index (χ1) is 8.86. The number of aryl methyl sites for hydroxylation is 1. The molecular weight excluding hydrogens is 331 g/mol. The van der Waals surface area contributed by atoms with Crippen molar-refractivity contribution in [3.8, 4) is 0 Å². The van der Waals surface area contributed by atoms with Gasteiger partial charge in [-0.25, -0.2) is 0 Å². The highest BCUT2D eigenvalue weighted by molar-refractivity contribution is 14.1. The molecule has 0 unspecified atom stereocenters. The Morgan fingerprint density at radius 3 is 2.33 bits per heavy atom. The summed E-state index contributed by atoms with van der Waals surface area (Å²) in [7, 11) is 0. The van der Waals surface area contributed by atoms with Crippen LogP contribution in [0.2, 0.25) is 0 Å². The van der Waals surface area contributed by atoms with Gasteiger partial charge >= 0.3 is 0 Å².